The minimum Gasteiger partial charge on any atom is -0.357 e. The van der Waals surface area contributed by atoms with E-state index in [9.17, 15) is 4.79 Å². The molecule has 1 fully saturated rings. The number of rotatable bonds is 9. The third-order valence-corrected chi connectivity index (χ3v) is 4.40. The molecule has 0 atom stereocenters. The number of guanidine groups is 1. The van der Waals surface area contributed by atoms with Gasteiger partial charge in [0, 0.05) is 31.6 Å². The zero-order chi connectivity index (χ0) is 17.8. The molecule has 0 bridgehead atoms. The molecular weight excluding hydrogens is 302 g/mol. The van der Waals surface area contributed by atoms with Gasteiger partial charge in [-0.05, 0) is 53.1 Å². The second-order valence-corrected chi connectivity index (χ2v) is 7.08. The Morgan fingerprint density at radius 1 is 1.04 bits per heavy atom. The normalized spacial score (nSPS) is 16.8. The molecule has 0 radical (unpaired) electrons. The van der Waals surface area contributed by atoms with Crippen LogP contribution in [0, 0.1) is 0 Å². The van der Waals surface area contributed by atoms with Crippen LogP contribution in [0.2, 0.25) is 0 Å². The highest BCUT2D eigenvalue weighted by Gasteiger charge is 2.27. The number of amides is 1. The molecule has 3 N–H and O–H groups in total. The van der Waals surface area contributed by atoms with Crippen molar-refractivity contribution in [1.29, 1.82) is 0 Å². The van der Waals surface area contributed by atoms with Crippen LogP contribution in [-0.4, -0.2) is 61.6 Å². The summed E-state index contributed by atoms with van der Waals surface area (Å²) < 4.78 is 0. The topological polar surface area (TPSA) is 68.8 Å². The van der Waals surface area contributed by atoms with Crippen LogP contribution in [0.4, 0.5) is 0 Å². The lowest BCUT2D eigenvalue weighted by molar-refractivity contribution is -0.120. The molecule has 0 aromatic carbocycles. The summed E-state index contributed by atoms with van der Waals surface area (Å²) in [7, 11) is 0. The molecule has 1 amide bonds. The molecule has 1 rings (SSSR count). The average molecular weight is 340 g/mol. The Morgan fingerprint density at radius 3 is 2.38 bits per heavy atom. The molecule has 0 unspecified atom stereocenters. The zero-order valence-electron chi connectivity index (χ0n) is 16.1. The van der Waals surface area contributed by atoms with E-state index in [4.69, 9.17) is 4.99 Å². The van der Waals surface area contributed by atoms with E-state index in [-0.39, 0.29) is 11.4 Å². The molecule has 140 valence electrons. The summed E-state index contributed by atoms with van der Waals surface area (Å²) in [5, 5.41) is 9.42. The molecule has 0 aromatic rings. The summed E-state index contributed by atoms with van der Waals surface area (Å²) in [6.07, 6.45) is 5.37. The zero-order valence-corrected chi connectivity index (χ0v) is 16.1. The van der Waals surface area contributed by atoms with Gasteiger partial charge in [-0.3, -0.25) is 14.7 Å². The monoisotopic (exact) mass is 339 g/mol. The summed E-state index contributed by atoms with van der Waals surface area (Å²) in [6, 6.07) is 0. The fourth-order valence-corrected chi connectivity index (χ4v) is 2.86. The minimum absolute atomic E-state index is 0.0707. The van der Waals surface area contributed by atoms with Gasteiger partial charge in [0.05, 0.1) is 6.54 Å². The number of nitrogens with zero attached hydrogens (tertiary/aromatic N) is 2. The van der Waals surface area contributed by atoms with Gasteiger partial charge in [0.1, 0.15) is 0 Å². The van der Waals surface area contributed by atoms with Crippen LogP contribution >= 0.6 is 0 Å². The maximum Gasteiger partial charge on any atom is 0.221 e. The number of piperidine rings is 1. The Balaban J connectivity index is 2.44. The van der Waals surface area contributed by atoms with Crippen molar-refractivity contribution >= 4 is 11.9 Å². The Kier molecular flexibility index (Phi) is 9.76. The fraction of sp³-hybridized carbons (Fsp3) is 0.889. The maximum absolute atomic E-state index is 11.6. The van der Waals surface area contributed by atoms with Crippen LogP contribution in [0.5, 0.6) is 0 Å². The van der Waals surface area contributed by atoms with Crippen molar-refractivity contribution in [2.75, 3.05) is 39.3 Å². The van der Waals surface area contributed by atoms with Crippen LogP contribution in [0.25, 0.3) is 0 Å². The quantitative estimate of drug-likeness (QED) is 0.442. The van der Waals surface area contributed by atoms with Gasteiger partial charge in [0.15, 0.2) is 5.96 Å². The second-order valence-electron chi connectivity index (χ2n) is 7.08. The lowest BCUT2D eigenvalue weighted by atomic mass is 9.99. The van der Waals surface area contributed by atoms with E-state index in [1.54, 1.807) is 0 Å². The lowest BCUT2D eigenvalue weighted by Crippen LogP contribution is -2.49. The molecule has 0 saturated carbocycles. The molecule has 0 spiro atoms. The Morgan fingerprint density at radius 2 is 1.75 bits per heavy atom. The molecule has 1 aliphatic rings. The number of hydrogen-bond donors (Lipinski definition) is 3. The van der Waals surface area contributed by atoms with Gasteiger partial charge in [0.2, 0.25) is 5.91 Å². The Bertz CT molecular complexity index is 389. The first-order chi connectivity index (χ1) is 11.5. The van der Waals surface area contributed by atoms with E-state index < -0.39 is 0 Å². The molecule has 0 aliphatic carbocycles. The first-order valence-corrected chi connectivity index (χ1v) is 9.53. The van der Waals surface area contributed by atoms with Crippen LogP contribution in [0.15, 0.2) is 4.99 Å². The molecule has 1 heterocycles. The van der Waals surface area contributed by atoms with Gasteiger partial charge < -0.3 is 16.0 Å². The molecule has 6 heteroatoms. The van der Waals surface area contributed by atoms with Gasteiger partial charge in [0.25, 0.3) is 0 Å². The SMILES string of the molecule is CCCNC(=O)CCNC(=NCC(C)(C)N1CCCCC1)NCC. The number of nitrogens with one attached hydrogen (secondary N) is 3. The third-order valence-electron chi connectivity index (χ3n) is 4.40. The first kappa shape index (κ1) is 20.7. The van der Waals surface area contributed by atoms with E-state index in [0.29, 0.717) is 13.0 Å². The average Bonchev–Trinajstić information content (AvgIpc) is 2.58. The van der Waals surface area contributed by atoms with Crippen LogP contribution in [0.3, 0.4) is 0 Å². The smallest absolute Gasteiger partial charge is 0.221 e. The largest absolute Gasteiger partial charge is 0.357 e. The molecular formula is C18H37N5O. The maximum atomic E-state index is 11.6. The van der Waals surface area contributed by atoms with Crippen molar-refractivity contribution in [3.63, 3.8) is 0 Å². The van der Waals surface area contributed by atoms with Crippen molar-refractivity contribution in [1.82, 2.24) is 20.9 Å². The molecule has 1 saturated heterocycles. The summed E-state index contributed by atoms with van der Waals surface area (Å²) >= 11 is 0. The minimum atomic E-state index is 0.0707. The standard InChI is InChI=1S/C18H37N5O/c1-5-11-20-16(24)10-12-21-17(19-6-2)22-15-18(3,4)23-13-8-7-9-14-23/h5-15H2,1-4H3,(H,20,24)(H2,19,21,22). The van der Waals surface area contributed by atoms with E-state index in [1.165, 1.54) is 32.4 Å². The number of likely N-dealkylation sites (tertiary alicyclic amines) is 1. The number of hydrogen-bond acceptors (Lipinski definition) is 3. The van der Waals surface area contributed by atoms with Gasteiger partial charge in [-0.15, -0.1) is 0 Å². The highest BCUT2D eigenvalue weighted by Crippen LogP contribution is 2.20. The van der Waals surface area contributed by atoms with E-state index in [2.05, 4.69) is 48.5 Å². The second kappa shape index (κ2) is 11.3. The van der Waals surface area contributed by atoms with Crippen LogP contribution in [-0.2, 0) is 4.79 Å². The lowest BCUT2D eigenvalue weighted by Gasteiger charge is -2.40. The van der Waals surface area contributed by atoms with Crippen molar-refractivity contribution in [3.8, 4) is 0 Å². The van der Waals surface area contributed by atoms with Crippen LogP contribution in [0.1, 0.15) is 59.8 Å². The summed E-state index contributed by atoms with van der Waals surface area (Å²) in [5.41, 5.74) is 0.0707. The molecule has 24 heavy (non-hydrogen) atoms. The number of carbonyl (C=O) groups excluding carboxylic acids is 1. The van der Waals surface area contributed by atoms with E-state index >= 15 is 0 Å². The van der Waals surface area contributed by atoms with Gasteiger partial charge >= 0.3 is 0 Å². The predicted octanol–water partition coefficient (Wildman–Crippen LogP) is 1.72. The molecule has 1 aliphatic heterocycles. The van der Waals surface area contributed by atoms with Crippen molar-refractivity contribution < 1.29 is 4.79 Å². The highest BCUT2D eigenvalue weighted by atomic mass is 16.1. The Hall–Kier alpha value is -1.30. The van der Waals surface area contributed by atoms with E-state index in [0.717, 1.165) is 32.0 Å². The van der Waals surface area contributed by atoms with Crippen molar-refractivity contribution in [2.24, 2.45) is 4.99 Å². The summed E-state index contributed by atoms with van der Waals surface area (Å²) in [6.45, 7) is 13.9. The third kappa shape index (κ3) is 7.99. The van der Waals surface area contributed by atoms with Gasteiger partial charge in [-0.2, -0.15) is 0 Å². The van der Waals surface area contributed by atoms with Crippen molar-refractivity contribution in [3.05, 3.63) is 0 Å². The summed E-state index contributed by atoms with van der Waals surface area (Å²) in [4.78, 5) is 18.9. The van der Waals surface area contributed by atoms with Crippen LogP contribution < -0.4 is 16.0 Å². The van der Waals surface area contributed by atoms with Crippen molar-refractivity contribution in [2.45, 2.75) is 65.3 Å². The highest BCUT2D eigenvalue weighted by molar-refractivity contribution is 5.81. The van der Waals surface area contributed by atoms with E-state index in [1.807, 2.05) is 0 Å². The first-order valence-electron chi connectivity index (χ1n) is 9.53. The molecule has 0 aromatic heterocycles. The number of aliphatic imine (C=N–C) groups is 1. The predicted molar refractivity (Wildman–Crippen MR) is 101 cm³/mol. The molecule has 6 nitrogen and oxygen atoms in total. The number of carbonyl (C=O) groups is 1. The van der Waals surface area contributed by atoms with Gasteiger partial charge in [-0.25, -0.2) is 0 Å². The van der Waals surface area contributed by atoms with Gasteiger partial charge in [-0.1, -0.05) is 13.3 Å². The summed E-state index contributed by atoms with van der Waals surface area (Å²) in [5.74, 6) is 0.889. The fourth-order valence-electron chi connectivity index (χ4n) is 2.86. The Labute approximate surface area is 147 Å².